The Kier molecular flexibility index (Phi) is 18.8. The molecule has 0 spiro atoms. The van der Waals surface area contributed by atoms with Gasteiger partial charge < -0.3 is 111 Å². The molecule has 16 unspecified atom stereocenters. The molecule has 23 rings (SSSR count). The Bertz CT molecular complexity index is 7390. The minimum absolute atomic E-state index is 0.0112. The number of hydrogen-bond donors (Lipinski definition) is 18. The maximum atomic E-state index is 15.4. The SMILES string of the molecule is Oc1ccc(C2Oc3cc(O)cc(C4c5c(O)cc6c(c5C(C(c5ccc(O)cc5)c5c(O)cc7c8c5OC(c5ccc(O)cc5)C8c5cc(O)cc(O)c5C(c5ccc(O)cc5)C7C5c7cc(O)cc8c7C(c7ccccc7C5c5ccc(O)cc5)C(c5ccc(O)cc5)O8)C4c4ccc(O)cc4)C(c4cc(O)cc(O)c4)C(c4ccc(O)cc4)O6)c3C2c2cc(O)cc(O)c2)cc1. The van der Waals surface area contributed by atoms with E-state index in [1.165, 1.54) is 127 Å². The predicted octanol–water partition coefficient (Wildman–Crippen LogP) is 21.5. The van der Waals surface area contributed by atoms with Crippen molar-refractivity contribution < 1.29 is 111 Å². The highest BCUT2D eigenvalue weighted by Crippen LogP contribution is 2.75. The number of rotatable bonds is 14. The molecule has 0 fully saturated rings. The van der Waals surface area contributed by atoms with Crippen LogP contribution in [0, 0.1) is 0 Å². The molecule has 4 aliphatic heterocycles. The monoisotopic (exact) mass is 1780 g/mol. The summed E-state index contributed by atoms with van der Waals surface area (Å²) in [7, 11) is 0. The Morgan fingerprint density at radius 1 is 0.187 bits per heavy atom. The van der Waals surface area contributed by atoms with E-state index in [-0.39, 0.29) is 137 Å². The fourth-order valence-electron chi connectivity index (χ4n) is 23.8. The Labute approximate surface area is 765 Å². The maximum absolute atomic E-state index is 15.4. The first kappa shape index (κ1) is 81.6. The molecule has 0 saturated heterocycles. The molecule has 0 amide bonds. The number of ether oxygens (including phenoxy) is 4. The van der Waals surface area contributed by atoms with Gasteiger partial charge >= 0.3 is 0 Å². The van der Waals surface area contributed by atoms with Crippen LogP contribution in [-0.2, 0) is 0 Å². The van der Waals surface area contributed by atoms with Gasteiger partial charge in [0.15, 0.2) is 0 Å². The molecule has 0 aromatic heterocycles. The average molecular weight is 1780 g/mol. The number of phenols is 18. The van der Waals surface area contributed by atoms with Crippen molar-refractivity contribution in [2.24, 2.45) is 0 Å². The minimum atomic E-state index is -1.44. The van der Waals surface area contributed by atoms with E-state index < -0.39 is 101 Å². The van der Waals surface area contributed by atoms with Crippen LogP contribution in [0.15, 0.2) is 303 Å². The number of phenolic OH excluding ortho intramolecular Hbond substituents is 18. The second-order valence-electron chi connectivity index (χ2n) is 36.1. The number of benzene rings is 16. The lowest BCUT2D eigenvalue weighted by molar-refractivity contribution is 0.217. The lowest BCUT2D eigenvalue weighted by atomic mass is 9.62. The van der Waals surface area contributed by atoms with Crippen molar-refractivity contribution in [1.82, 2.24) is 0 Å². The van der Waals surface area contributed by atoms with E-state index in [2.05, 4.69) is 0 Å². The van der Waals surface area contributed by atoms with Crippen molar-refractivity contribution in [1.29, 1.82) is 0 Å². The minimum Gasteiger partial charge on any atom is -0.508 e. The van der Waals surface area contributed by atoms with Crippen LogP contribution in [0.5, 0.6) is 126 Å². The van der Waals surface area contributed by atoms with E-state index in [1.807, 2.05) is 36.4 Å². The molecule has 664 valence electrons. The highest BCUT2D eigenvalue weighted by atomic mass is 16.5. The molecule has 22 heteroatoms. The maximum Gasteiger partial charge on any atom is 0.135 e. The van der Waals surface area contributed by atoms with Gasteiger partial charge in [0.05, 0.1) is 23.7 Å². The van der Waals surface area contributed by atoms with E-state index >= 15 is 5.11 Å². The fourth-order valence-corrected chi connectivity index (χ4v) is 23.8. The van der Waals surface area contributed by atoms with Crippen LogP contribution >= 0.6 is 0 Å². The first-order valence-corrected chi connectivity index (χ1v) is 44.0. The zero-order valence-corrected chi connectivity index (χ0v) is 70.8. The van der Waals surface area contributed by atoms with E-state index in [0.717, 1.165) is 11.1 Å². The van der Waals surface area contributed by atoms with E-state index in [0.29, 0.717) is 106 Å². The highest BCUT2D eigenvalue weighted by molar-refractivity contribution is 5.77. The van der Waals surface area contributed by atoms with E-state index in [1.54, 1.807) is 140 Å². The van der Waals surface area contributed by atoms with Crippen LogP contribution in [0.1, 0.15) is 229 Å². The van der Waals surface area contributed by atoms with Gasteiger partial charge in [-0.3, -0.25) is 0 Å². The fraction of sp³-hybridized carbons (Fsp3) is 0.143. The topological polar surface area (TPSA) is 401 Å². The lowest BCUT2D eigenvalue weighted by Gasteiger charge is -2.41. The first-order chi connectivity index (χ1) is 64.8. The Hall–Kier alpha value is -16.9. The molecule has 0 radical (unpaired) electrons. The van der Waals surface area contributed by atoms with E-state index in [9.17, 15) is 86.8 Å². The summed E-state index contributed by atoms with van der Waals surface area (Å²) in [5.74, 6) is -17.3. The van der Waals surface area contributed by atoms with Crippen LogP contribution in [0.2, 0.25) is 0 Å². The van der Waals surface area contributed by atoms with Crippen molar-refractivity contribution in [3.8, 4) is 126 Å². The summed E-state index contributed by atoms with van der Waals surface area (Å²) in [5.41, 5.74) is 10.4. The molecule has 4 heterocycles. The molecular formula is C112H84O22. The summed E-state index contributed by atoms with van der Waals surface area (Å²) in [6.45, 7) is 0. The lowest BCUT2D eigenvalue weighted by Crippen LogP contribution is -2.27. The second-order valence-corrected chi connectivity index (χ2v) is 36.1. The van der Waals surface area contributed by atoms with Gasteiger partial charge in [-0.05, 0) is 240 Å². The van der Waals surface area contributed by atoms with Gasteiger partial charge in [-0.2, -0.15) is 0 Å². The van der Waals surface area contributed by atoms with Crippen LogP contribution in [0.4, 0.5) is 0 Å². The van der Waals surface area contributed by atoms with Gasteiger partial charge in [-0.25, -0.2) is 0 Å². The first-order valence-electron chi connectivity index (χ1n) is 44.0. The van der Waals surface area contributed by atoms with Gasteiger partial charge in [0.2, 0.25) is 0 Å². The van der Waals surface area contributed by atoms with Gasteiger partial charge in [0, 0.05) is 123 Å². The van der Waals surface area contributed by atoms with Crippen molar-refractivity contribution >= 4 is 0 Å². The van der Waals surface area contributed by atoms with Crippen LogP contribution < -0.4 is 18.9 Å². The molecule has 16 aromatic carbocycles. The van der Waals surface area contributed by atoms with Crippen LogP contribution in [-0.4, -0.2) is 91.9 Å². The zero-order chi connectivity index (χ0) is 92.0. The number of aromatic hydroxyl groups is 18. The van der Waals surface area contributed by atoms with Gasteiger partial charge in [-0.1, -0.05) is 121 Å². The molecule has 18 N–H and O–H groups in total. The summed E-state index contributed by atoms with van der Waals surface area (Å²) in [5, 5.41) is 221. The van der Waals surface area contributed by atoms with Crippen molar-refractivity contribution in [3.63, 3.8) is 0 Å². The van der Waals surface area contributed by atoms with Crippen LogP contribution in [0.25, 0.3) is 0 Å². The standard InChI is InChI=1S/C112H84O22/c113-61-21-5-51(6-22-61)88-76-3-1-2-4-77(76)100-96-80(45-75(127)48-86(96)132-110(100)57-17-33-67(119)34-18-57)97(88)98-81-49-83(129)104(112-102(81)101(111(134-112)58-19-35-68(120)36-20-58)78-43-73(125)46-82(128)94(78)89(98)52-7-23-62(114)24-8-52)91(54-11-27-64(116)28-12-54)106-90(53-9-25-63(115)26-10-53)99(79-44-74(126)47-85-95(79)92(59-37-69(121)41-70(122)38-59)108(131-85)55-13-29-65(117)30-14-55)103-84(130)50-87-105(107(103)106)93(60-39-71(123)42-72(124)40-60)109(133-87)56-15-31-66(118)32-16-56/h1-50,88-93,97-101,106,108-111,113-130H. The molecule has 16 atom stereocenters. The predicted molar refractivity (Wildman–Crippen MR) is 492 cm³/mol. The van der Waals surface area contributed by atoms with Gasteiger partial charge in [0.25, 0.3) is 0 Å². The Morgan fingerprint density at radius 3 is 0.993 bits per heavy atom. The average Bonchev–Trinajstić information content (AvgIpc) is 1.52. The molecule has 134 heavy (non-hydrogen) atoms. The summed E-state index contributed by atoms with van der Waals surface area (Å²) >= 11 is 0. The van der Waals surface area contributed by atoms with Crippen molar-refractivity contribution in [3.05, 3.63) is 437 Å². The molecular weight excluding hydrogens is 1700 g/mol. The largest absolute Gasteiger partial charge is 0.508 e. The highest BCUT2D eigenvalue weighted by Gasteiger charge is 2.60. The quantitative estimate of drug-likeness (QED) is 0.0481. The van der Waals surface area contributed by atoms with E-state index in [4.69, 9.17) is 18.9 Å². The van der Waals surface area contributed by atoms with Crippen molar-refractivity contribution in [2.45, 2.75) is 95.4 Å². The van der Waals surface area contributed by atoms with Gasteiger partial charge in [0.1, 0.15) is 151 Å². The molecule has 0 bridgehead atoms. The zero-order valence-electron chi connectivity index (χ0n) is 70.8. The Balaban J connectivity index is 0.878. The molecule has 22 nitrogen and oxygen atoms in total. The normalized spacial score (nSPS) is 22.4. The van der Waals surface area contributed by atoms with Crippen molar-refractivity contribution in [2.75, 3.05) is 0 Å². The molecule has 16 aromatic rings. The summed E-state index contributed by atoms with van der Waals surface area (Å²) in [6, 6.07) is 80.6. The molecule has 7 aliphatic rings. The number of hydrogen-bond acceptors (Lipinski definition) is 22. The summed E-state index contributed by atoms with van der Waals surface area (Å²) in [4.78, 5) is 0. The van der Waals surface area contributed by atoms with Crippen LogP contribution in [0.3, 0.4) is 0 Å². The Morgan fingerprint density at radius 2 is 0.522 bits per heavy atom. The molecule has 3 aliphatic carbocycles. The summed E-state index contributed by atoms with van der Waals surface area (Å²) in [6.07, 6.45) is -4.29. The third-order valence-electron chi connectivity index (χ3n) is 28.7. The van der Waals surface area contributed by atoms with Gasteiger partial charge in [-0.15, -0.1) is 0 Å². The smallest absolute Gasteiger partial charge is 0.135 e. The second kappa shape index (κ2) is 30.9. The third-order valence-corrected chi connectivity index (χ3v) is 28.7. The third kappa shape index (κ3) is 13.1. The molecule has 0 saturated carbocycles. The summed E-state index contributed by atoms with van der Waals surface area (Å²) < 4.78 is 30.0. The number of fused-ring (bicyclic) bond motifs is 8.